The zero-order valence-corrected chi connectivity index (χ0v) is 10.9. The number of ether oxygens (including phenoxy) is 1. The van der Waals surface area contributed by atoms with Crippen LogP contribution in [0.3, 0.4) is 0 Å². The summed E-state index contributed by atoms with van der Waals surface area (Å²) < 4.78 is 5.40. The van der Waals surface area contributed by atoms with Crippen molar-refractivity contribution in [2.45, 2.75) is 19.3 Å². The molecule has 1 aromatic carbocycles. The first-order valence-corrected chi connectivity index (χ1v) is 6.54. The zero-order valence-electron chi connectivity index (χ0n) is 10.9. The number of benzene rings is 1. The van der Waals surface area contributed by atoms with E-state index >= 15 is 0 Å². The minimum Gasteiger partial charge on any atom is -0.496 e. The Labute approximate surface area is 109 Å². The van der Waals surface area contributed by atoms with Crippen LogP contribution >= 0.6 is 0 Å². The molecule has 1 aliphatic rings. The first-order chi connectivity index (χ1) is 8.83. The van der Waals surface area contributed by atoms with E-state index in [9.17, 15) is 0 Å². The second-order valence-electron chi connectivity index (χ2n) is 4.92. The van der Waals surface area contributed by atoms with Crippen molar-refractivity contribution in [3.05, 3.63) is 29.8 Å². The Morgan fingerprint density at radius 2 is 2.28 bits per heavy atom. The zero-order chi connectivity index (χ0) is 12.8. The number of hydrogen-bond acceptors (Lipinski definition) is 3. The number of piperidine rings is 1. The molecule has 0 aliphatic carbocycles. The molecule has 0 amide bonds. The molecule has 1 fully saturated rings. The fraction of sp³-hybridized carbons (Fsp3) is 0.533. The molecule has 96 valence electrons. The number of likely N-dealkylation sites (tertiary alicyclic amines) is 1. The standard InChI is InChI=1S/C15H20N2O/c1-18-15-7-3-2-6-14(15)11-13-5-4-9-17(12-13)10-8-16/h2-3,6-7,13H,4-5,9-12H2,1H3. The lowest BCUT2D eigenvalue weighted by atomic mass is 9.91. The minimum absolute atomic E-state index is 0.558. The minimum atomic E-state index is 0.558. The molecule has 1 heterocycles. The van der Waals surface area contributed by atoms with Crippen molar-refractivity contribution in [3.63, 3.8) is 0 Å². The monoisotopic (exact) mass is 244 g/mol. The lowest BCUT2D eigenvalue weighted by Gasteiger charge is -2.31. The largest absolute Gasteiger partial charge is 0.496 e. The Kier molecular flexibility index (Phi) is 4.60. The topological polar surface area (TPSA) is 36.3 Å². The summed E-state index contributed by atoms with van der Waals surface area (Å²) in [7, 11) is 1.72. The quantitative estimate of drug-likeness (QED) is 0.763. The van der Waals surface area contributed by atoms with E-state index in [4.69, 9.17) is 10.00 Å². The predicted octanol–water partition coefficient (Wildman–Crippen LogP) is 2.47. The molecule has 0 aromatic heterocycles. The Balaban J connectivity index is 1.98. The van der Waals surface area contributed by atoms with Crippen LogP contribution in [-0.2, 0) is 6.42 Å². The number of methoxy groups -OCH3 is 1. The van der Waals surface area contributed by atoms with Gasteiger partial charge in [0.25, 0.3) is 0 Å². The molecule has 0 saturated carbocycles. The molecule has 1 saturated heterocycles. The van der Waals surface area contributed by atoms with Gasteiger partial charge in [-0.1, -0.05) is 18.2 Å². The van der Waals surface area contributed by atoms with Crippen LogP contribution in [0.5, 0.6) is 5.75 Å². The first-order valence-electron chi connectivity index (χ1n) is 6.54. The smallest absolute Gasteiger partial charge is 0.122 e. The highest BCUT2D eigenvalue weighted by atomic mass is 16.5. The number of nitrogens with zero attached hydrogens (tertiary/aromatic N) is 2. The summed E-state index contributed by atoms with van der Waals surface area (Å²) in [4.78, 5) is 2.25. The average Bonchev–Trinajstić information content (AvgIpc) is 2.40. The lowest BCUT2D eigenvalue weighted by Crippen LogP contribution is -2.36. The predicted molar refractivity (Wildman–Crippen MR) is 71.5 cm³/mol. The molecule has 3 heteroatoms. The molecule has 1 aromatic rings. The van der Waals surface area contributed by atoms with Crippen LogP contribution in [0.4, 0.5) is 0 Å². The van der Waals surface area contributed by atoms with Gasteiger partial charge in [-0.05, 0) is 43.4 Å². The van der Waals surface area contributed by atoms with Crippen molar-refractivity contribution in [2.24, 2.45) is 5.92 Å². The van der Waals surface area contributed by atoms with Crippen molar-refractivity contribution >= 4 is 0 Å². The van der Waals surface area contributed by atoms with E-state index in [0.29, 0.717) is 12.5 Å². The van der Waals surface area contributed by atoms with Crippen LogP contribution in [0, 0.1) is 17.2 Å². The maximum atomic E-state index is 8.77. The SMILES string of the molecule is COc1ccccc1CC1CCCN(CC#N)C1. The van der Waals surface area contributed by atoms with E-state index in [2.05, 4.69) is 23.1 Å². The van der Waals surface area contributed by atoms with Gasteiger partial charge in [-0.3, -0.25) is 4.90 Å². The van der Waals surface area contributed by atoms with Gasteiger partial charge in [-0.25, -0.2) is 0 Å². The molecule has 0 radical (unpaired) electrons. The molecule has 1 atom stereocenters. The fourth-order valence-electron chi connectivity index (χ4n) is 2.74. The third-order valence-electron chi connectivity index (χ3n) is 3.60. The summed E-state index contributed by atoms with van der Waals surface area (Å²) in [6, 6.07) is 10.5. The third-order valence-corrected chi connectivity index (χ3v) is 3.60. The summed E-state index contributed by atoms with van der Waals surface area (Å²) in [6.07, 6.45) is 3.49. The van der Waals surface area contributed by atoms with Gasteiger partial charge in [0, 0.05) is 6.54 Å². The van der Waals surface area contributed by atoms with Crippen LogP contribution < -0.4 is 4.74 Å². The second kappa shape index (κ2) is 6.42. The van der Waals surface area contributed by atoms with Crippen molar-refractivity contribution in [1.29, 1.82) is 5.26 Å². The van der Waals surface area contributed by atoms with Crippen LogP contribution in [0.1, 0.15) is 18.4 Å². The van der Waals surface area contributed by atoms with Crippen molar-refractivity contribution in [1.82, 2.24) is 4.90 Å². The molecule has 0 N–H and O–H groups in total. The molecule has 18 heavy (non-hydrogen) atoms. The van der Waals surface area contributed by atoms with Crippen LogP contribution in [0.15, 0.2) is 24.3 Å². The van der Waals surface area contributed by atoms with E-state index in [0.717, 1.165) is 25.3 Å². The van der Waals surface area contributed by atoms with Gasteiger partial charge in [-0.15, -0.1) is 0 Å². The van der Waals surface area contributed by atoms with Gasteiger partial charge >= 0.3 is 0 Å². The summed E-state index contributed by atoms with van der Waals surface area (Å²) in [5.41, 5.74) is 1.28. The van der Waals surface area contributed by atoms with E-state index < -0.39 is 0 Å². The van der Waals surface area contributed by atoms with Gasteiger partial charge in [0.05, 0.1) is 19.7 Å². The van der Waals surface area contributed by atoms with Gasteiger partial charge in [0.2, 0.25) is 0 Å². The van der Waals surface area contributed by atoms with E-state index in [1.165, 1.54) is 18.4 Å². The van der Waals surface area contributed by atoms with Gasteiger partial charge < -0.3 is 4.74 Å². The molecule has 3 nitrogen and oxygen atoms in total. The highest BCUT2D eigenvalue weighted by molar-refractivity contribution is 5.33. The van der Waals surface area contributed by atoms with Gasteiger partial charge in [0.1, 0.15) is 5.75 Å². The molecule has 2 rings (SSSR count). The molecule has 0 bridgehead atoms. The van der Waals surface area contributed by atoms with Crippen LogP contribution in [-0.4, -0.2) is 31.6 Å². The van der Waals surface area contributed by atoms with E-state index in [-0.39, 0.29) is 0 Å². The Bertz CT molecular complexity index is 425. The van der Waals surface area contributed by atoms with Gasteiger partial charge in [-0.2, -0.15) is 5.26 Å². The van der Waals surface area contributed by atoms with E-state index in [1.807, 2.05) is 12.1 Å². The normalized spacial score (nSPS) is 20.3. The fourth-order valence-corrected chi connectivity index (χ4v) is 2.74. The van der Waals surface area contributed by atoms with Crippen molar-refractivity contribution < 1.29 is 4.74 Å². The van der Waals surface area contributed by atoms with Crippen LogP contribution in [0.25, 0.3) is 0 Å². The molecule has 1 unspecified atom stereocenters. The third kappa shape index (κ3) is 3.24. The van der Waals surface area contributed by atoms with Gasteiger partial charge in [0.15, 0.2) is 0 Å². The summed E-state index contributed by atoms with van der Waals surface area (Å²) in [6.45, 7) is 2.66. The molecule has 1 aliphatic heterocycles. The summed E-state index contributed by atoms with van der Waals surface area (Å²) in [5.74, 6) is 1.62. The summed E-state index contributed by atoms with van der Waals surface area (Å²) >= 11 is 0. The lowest BCUT2D eigenvalue weighted by molar-refractivity contribution is 0.191. The van der Waals surface area contributed by atoms with E-state index in [1.54, 1.807) is 7.11 Å². The highest BCUT2D eigenvalue weighted by Gasteiger charge is 2.20. The highest BCUT2D eigenvalue weighted by Crippen LogP contribution is 2.25. The molecular weight excluding hydrogens is 224 g/mol. The average molecular weight is 244 g/mol. The number of para-hydroxylation sites is 1. The Morgan fingerprint density at radius 3 is 3.06 bits per heavy atom. The summed E-state index contributed by atoms with van der Waals surface area (Å²) in [5, 5.41) is 8.77. The number of hydrogen-bond donors (Lipinski definition) is 0. The van der Waals surface area contributed by atoms with Crippen molar-refractivity contribution in [2.75, 3.05) is 26.7 Å². The second-order valence-corrected chi connectivity index (χ2v) is 4.92. The first kappa shape index (κ1) is 12.9. The van der Waals surface area contributed by atoms with Crippen LogP contribution in [0.2, 0.25) is 0 Å². The number of rotatable bonds is 4. The maximum Gasteiger partial charge on any atom is 0.122 e. The Hall–Kier alpha value is -1.53. The number of nitriles is 1. The molecular formula is C15H20N2O. The van der Waals surface area contributed by atoms with Crippen molar-refractivity contribution in [3.8, 4) is 11.8 Å². The maximum absolute atomic E-state index is 8.77. The molecule has 0 spiro atoms. The Morgan fingerprint density at radius 1 is 1.44 bits per heavy atom.